The molecule has 248 valence electrons. The predicted octanol–water partition coefficient (Wildman–Crippen LogP) is 8.13. The number of aromatic amines is 2. The number of para-hydroxylation sites is 1. The number of allylic oxidation sites excluding steroid dienone is 2. The SMILES string of the molecule is C=C/C=C\c1c(CCCN(Cc2cccc3ccccc23)/C(=N\N=C)[C@@H](Cc2c[nH]c3ccccc23)c2ccccn2)c[nH]c1C.NC=O. The average Bonchev–Trinajstić information content (AvgIpc) is 3.71. The van der Waals surface area contributed by atoms with E-state index in [4.69, 9.17) is 14.9 Å². The van der Waals surface area contributed by atoms with Gasteiger partial charge < -0.3 is 20.6 Å². The van der Waals surface area contributed by atoms with E-state index >= 15 is 0 Å². The quantitative estimate of drug-likeness (QED) is 0.0386. The topological polar surface area (TPSA) is 116 Å². The number of primary amides is 1. The van der Waals surface area contributed by atoms with Gasteiger partial charge in [0, 0.05) is 55.0 Å². The average molecular weight is 650 g/mol. The van der Waals surface area contributed by atoms with E-state index in [1.807, 2.05) is 30.5 Å². The molecule has 3 aromatic carbocycles. The predicted molar refractivity (Wildman–Crippen MR) is 204 cm³/mol. The monoisotopic (exact) mass is 649 g/mol. The Morgan fingerprint density at radius 1 is 0.939 bits per heavy atom. The second-order valence-electron chi connectivity index (χ2n) is 11.7. The van der Waals surface area contributed by atoms with Crippen molar-refractivity contribution in [2.75, 3.05) is 6.54 Å². The van der Waals surface area contributed by atoms with Crippen molar-refractivity contribution in [3.63, 3.8) is 0 Å². The Hall–Kier alpha value is -6.02. The summed E-state index contributed by atoms with van der Waals surface area (Å²) in [6.45, 7) is 11.3. The minimum atomic E-state index is -0.138. The highest BCUT2D eigenvalue weighted by Crippen LogP contribution is 2.30. The molecule has 0 saturated heterocycles. The molecular weight excluding hydrogens is 606 g/mol. The third kappa shape index (κ3) is 8.48. The Kier molecular flexibility index (Phi) is 12.1. The van der Waals surface area contributed by atoms with Crippen LogP contribution in [0.15, 0.2) is 132 Å². The Morgan fingerprint density at radius 3 is 2.45 bits per heavy atom. The highest BCUT2D eigenvalue weighted by molar-refractivity contribution is 5.91. The Balaban J connectivity index is 0.00000151. The summed E-state index contributed by atoms with van der Waals surface area (Å²) in [5, 5.41) is 12.6. The molecule has 8 heteroatoms. The van der Waals surface area contributed by atoms with Crippen molar-refractivity contribution in [2.45, 2.75) is 38.6 Å². The first-order valence-corrected chi connectivity index (χ1v) is 16.4. The van der Waals surface area contributed by atoms with Crippen LogP contribution in [0.3, 0.4) is 0 Å². The number of nitrogens with one attached hydrogen (secondary N) is 2. The molecule has 0 aliphatic heterocycles. The first-order valence-electron chi connectivity index (χ1n) is 16.4. The lowest BCUT2D eigenvalue weighted by molar-refractivity contribution is -0.106. The van der Waals surface area contributed by atoms with Crippen LogP contribution in [0.4, 0.5) is 0 Å². The van der Waals surface area contributed by atoms with E-state index in [9.17, 15) is 0 Å². The van der Waals surface area contributed by atoms with Crippen LogP contribution >= 0.6 is 0 Å². The molecule has 0 radical (unpaired) electrons. The minimum absolute atomic E-state index is 0.138. The zero-order valence-electron chi connectivity index (χ0n) is 27.9. The van der Waals surface area contributed by atoms with Crippen LogP contribution in [0.2, 0.25) is 0 Å². The summed E-state index contributed by atoms with van der Waals surface area (Å²) in [6.07, 6.45) is 14.9. The van der Waals surface area contributed by atoms with Crippen molar-refractivity contribution in [3.8, 4) is 0 Å². The zero-order chi connectivity index (χ0) is 34.4. The highest BCUT2D eigenvalue weighted by atomic mass is 16.1. The van der Waals surface area contributed by atoms with E-state index < -0.39 is 0 Å². The van der Waals surface area contributed by atoms with Crippen LogP contribution in [0.1, 0.15) is 46.0 Å². The van der Waals surface area contributed by atoms with Crippen molar-refractivity contribution < 1.29 is 4.79 Å². The molecule has 1 atom stereocenters. The van der Waals surface area contributed by atoms with Crippen molar-refractivity contribution >= 4 is 46.7 Å². The van der Waals surface area contributed by atoms with Crippen LogP contribution in [-0.2, 0) is 24.2 Å². The number of amides is 1. The van der Waals surface area contributed by atoms with Crippen molar-refractivity contribution in [3.05, 3.63) is 156 Å². The second kappa shape index (κ2) is 17.2. The fourth-order valence-corrected chi connectivity index (χ4v) is 6.42. The molecule has 8 nitrogen and oxygen atoms in total. The summed E-state index contributed by atoms with van der Waals surface area (Å²) in [5.41, 5.74) is 12.4. The van der Waals surface area contributed by atoms with Crippen LogP contribution in [0, 0.1) is 6.92 Å². The van der Waals surface area contributed by atoms with E-state index in [1.54, 1.807) is 0 Å². The van der Waals surface area contributed by atoms with Gasteiger partial charge in [-0.25, -0.2) is 0 Å². The summed E-state index contributed by atoms with van der Waals surface area (Å²) in [7, 11) is 0. The summed E-state index contributed by atoms with van der Waals surface area (Å²) < 4.78 is 0. The molecule has 0 bridgehead atoms. The molecular formula is C41H43N7O. The maximum atomic E-state index is 8.58. The highest BCUT2D eigenvalue weighted by Gasteiger charge is 2.27. The number of aromatic nitrogens is 3. The molecule has 49 heavy (non-hydrogen) atoms. The number of carbonyl (C=O) groups excluding carboxylic acids is 1. The lowest BCUT2D eigenvalue weighted by Crippen LogP contribution is -2.37. The standard InChI is InChI=1S/C40H40N6.CH3NO/c1-4-5-18-34-29(2)43-26-31(34)17-13-24-46(28-32-16-12-15-30-14-6-7-19-35(30)32)40(45-41-3)37(39-22-10-11-23-42-39)25-33-27-44-38-21-9-8-20-36(33)38;2-1-3/h4-12,14-16,18-23,26-27,37,43-44H,1,3,13,17,24-25,28H2,2H3;1H,(H2,2,3)/b18-5-,45-40-;/t37-;/m0./s1. The van der Waals surface area contributed by atoms with Gasteiger partial charge in [-0.05, 0) is 77.4 Å². The molecule has 1 amide bonds. The largest absolute Gasteiger partial charge is 0.372 e. The van der Waals surface area contributed by atoms with Gasteiger partial charge in [0.15, 0.2) is 0 Å². The van der Waals surface area contributed by atoms with Gasteiger partial charge in [0.1, 0.15) is 5.84 Å². The number of carbonyl (C=O) groups is 1. The first-order chi connectivity index (χ1) is 24.1. The van der Waals surface area contributed by atoms with E-state index in [0.29, 0.717) is 6.54 Å². The van der Waals surface area contributed by atoms with Crippen molar-refractivity contribution in [2.24, 2.45) is 15.9 Å². The molecule has 0 aliphatic carbocycles. The van der Waals surface area contributed by atoms with E-state index in [-0.39, 0.29) is 12.3 Å². The molecule has 4 N–H and O–H groups in total. The number of hydrogen-bond acceptors (Lipinski definition) is 4. The number of pyridine rings is 1. The number of rotatable bonds is 13. The van der Waals surface area contributed by atoms with Gasteiger partial charge in [0.2, 0.25) is 6.41 Å². The lowest BCUT2D eigenvalue weighted by Gasteiger charge is -2.31. The number of nitrogens with two attached hydrogens (primary N) is 1. The van der Waals surface area contributed by atoms with Crippen LogP contribution in [0.5, 0.6) is 0 Å². The summed E-state index contributed by atoms with van der Waals surface area (Å²) in [6, 6.07) is 29.6. The Labute approximate surface area is 287 Å². The van der Waals surface area contributed by atoms with E-state index in [1.165, 1.54) is 38.4 Å². The van der Waals surface area contributed by atoms with Gasteiger partial charge in [0.25, 0.3) is 0 Å². The Bertz CT molecular complexity index is 2050. The molecule has 6 rings (SSSR count). The second-order valence-corrected chi connectivity index (χ2v) is 11.7. The molecule has 0 saturated carbocycles. The molecule has 0 aliphatic rings. The summed E-state index contributed by atoms with van der Waals surface area (Å²) >= 11 is 0. The van der Waals surface area contributed by atoms with Crippen molar-refractivity contribution in [1.29, 1.82) is 0 Å². The number of fused-ring (bicyclic) bond motifs is 2. The number of benzene rings is 3. The van der Waals surface area contributed by atoms with Crippen LogP contribution in [0.25, 0.3) is 27.8 Å². The summed E-state index contributed by atoms with van der Waals surface area (Å²) in [5.74, 6) is 0.727. The number of amidine groups is 1. The molecule has 0 unspecified atom stereocenters. The van der Waals surface area contributed by atoms with Gasteiger partial charge in [-0.2, -0.15) is 5.10 Å². The van der Waals surface area contributed by atoms with E-state index in [2.05, 4.69) is 137 Å². The maximum Gasteiger partial charge on any atom is 0.204 e. The molecule has 3 aromatic heterocycles. The number of aryl methyl sites for hydroxylation is 2. The first kappa shape index (κ1) is 34.3. The smallest absolute Gasteiger partial charge is 0.204 e. The van der Waals surface area contributed by atoms with Gasteiger partial charge >= 0.3 is 0 Å². The van der Waals surface area contributed by atoms with E-state index in [0.717, 1.165) is 48.5 Å². The van der Waals surface area contributed by atoms with Crippen LogP contribution in [-0.4, -0.2) is 45.4 Å². The fraction of sp³-hybridized carbons (Fsp3) is 0.171. The zero-order valence-corrected chi connectivity index (χ0v) is 27.9. The minimum Gasteiger partial charge on any atom is -0.372 e. The fourth-order valence-electron chi connectivity index (χ4n) is 6.42. The number of nitrogens with zero attached hydrogens (tertiary/aromatic N) is 4. The third-order valence-corrected chi connectivity index (χ3v) is 8.68. The van der Waals surface area contributed by atoms with Crippen molar-refractivity contribution in [1.82, 2.24) is 19.9 Å². The van der Waals surface area contributed by atoms with Gasteiger partial charge in [0.05, 0.1) is 11.6 Å². The number of H-pyrrole nitrogens is 2. The Morgan fingerprint density at radius 2 is 1.67 bits per heavy atom. The summed E-state index contributed by atoms with van der Waals surface area (Å²) in [4.78, 5) is 22.7. The molecule has 0 spiro atoms. The van der Waals surface area contributed by atoms with Gasteiger partial charge in [-0.15, -0.1) is 5.10 Å². The lowest BCUT2D eigenvalue weighted by atomic mass is 9.92. The molecule has 6 aromatic rings. The normalized spacial score (nSPS) is 12.1. The maximum absolute atomic E-state index is 8.58. The number of hydrogen-bond donors (Lipinski definition) is 3. The van der Waals surface area contributed by atoms with Gasteiger partial charge in [-0.3, -0.25) is 9.78 Å². The molecule has 0 fully saturated rings. The van der Waals surface area contributed by atoms with Crippen LogP contribution < -0.4 is 5.73 Å². The third-order valence-electron chi connectivity index (χ3n) is 8.68. The molecule has 3 heterocycles. The van der Waals surface area contributed by atoms with Gasteiger partial charge in [-0.1, -0.05) is 91.5 Å².